The van der Waals surface area contributed by atoms with Crippen molar-refractivity contribution in [1.82, 2.24) is 10.2 Å². The number of carbonyl (C=O) groups excluding carboxylic acids is 3. The van der Waals surface area contributed by atoms with Gasteiger partial charge in [-0.25, -0.2) is 9.69 Å². The standard InChI is InChI=1S/C17H21N3O3/c1-11-7-3-4-8-13(11)18-14(21)12(2)20-15(22)17(19-16(20)23)9-5-6-10-17/h3-4,7-8,12H,5-6,9-10H2,1-2H3,(H,18,21)(H,19,23). The Hall–Kier alpha value is -2.37. The molecule has 1 aromatic rings. The molecule has 23 heavy (non-hydrogen) atoms. The second-order valence-electron chi connectivity index (χ2n) is 6.37. The van der Waals surface area contributed by atoms with Gasteiger partial charge in [0, 0.05) is 5.69 Å². The molecule has 4 amide bonds. The van der Waals surface area contributed by atoms with Crippen molar-refractivity contribution in [3.63, 3.8) is 0 Å². The largest absolute Gasteiger partial charge is 0.325 e. The van der Waals surface area contributed by atoms with Crippen molar-refractivity contribution in [2.45, 2.75) is 51.1 Å². The molecule has 6 nitrogen and oxygen atoms in total. The van der Waals surface area contributed by atoms with E-state index in [9.17, 15) is 14.4 Å². The van der Waals surface area contributed by atoms with Gasteiger partial charge >= 0.3 is 6.03 Å². The van der Waals surface area contributed by atoms with Gasteiger partial charge in [0.1, 0.15) is 11.6 Å². The monoisotopic (exact) mass is 315 g/mol. The van der Waals surface area contributed by atoms with Crippen LogP contribution >= 0.6 is 0 Å². The van der Waals surface area contributed by atoms with Gasteiger partial charge in [0.25, 0.3) is 5.91 Å². The number of nitrogens with one attached hydrogen (secondary N) is 2. The van der Waals surface area contributed by atoms with Gasteiger partial charge in [-0.1, -0.05) is 31.0 Å². The zero-order valence-electron chi connectivity index (χ0n) is 13.4. The topological polar surface area (TPSA) is 78.5 Å². The quantitative estimate of drug-likeness (QED) is 0.839. The lowest BCUT2D eigenvalue weighted by Gasteiger charge is -2.23. The minimum absolute atomic E-state index is 0.271. The summed E-state index contributed by atoms with van der Waals surface area (Å²) in [5, 5.41) is 5.59. The van der Waals surface area contributed by atoms with Crippen LogP contribution in [0.5, 0.6) is 0 Å². The zero-order valence-corrected chi connectivity index (χ0v) is 13.4. The Balaban J connectivity index is 1.76. The summed E-state index contributed by atoms with van der Waals surface area (Å²) in [6.45, 7) is 3.47. The number of aryl methyl sites for hydroxylation is 1. The molecule has 0 bridgehead atoms. The van der Waals surface area contributed by atoms with Gasteiger partial charge in [-0.15, -0.1) is 0 Å². The van der Waals surface area contributed by atoms with Crippen molar-refractivity contribution < 1.29 is 14.4 Å². The fourth-order valence-electron chi connectivity index (χ4n) is 3.38. The fourth-order valence-corrected chi connectivity index (χ4v) is 3.38. The van der Waals surface area contributed by atoms with Crippen molar-refractivity contribution in [2.75, 3.05) is 5.32 Å². The van der Waals surface area contributed by atoms with Crippen LogP contribution in [-0.2, 0) is 9.59 Å². The molecule has 122 valence electrons. The molecule has 1 heterocycles. The maximum atomic E-state index is 12.7. The molecule has 1 atom stereocenters. The Kier molecular flexibility index (Phi) is 3.83. The van der Waals surface area contributed by atoms with Crippen molar-refractivity contribution >= 4 is 23.5 Å². The molecule has 1 saturated heterocycles. The second kappa shape index (κ2) is 5.68. The van der Waals surface area contributed by atoms with E-state index in [1.165, 1.54) is 0 Å². The second-order valence-corrected chi connectivity index (χ2v) is 6.37. The Morgan fingerprint density at radius 2 is 1.91 bits per heavy atom. The molecule has 6 heteroatoms. The van der Waals surface area contributed by atoms with E-state index < -0.39 is 17.6 Å². The van der Waals surface area contributed by atoms with Crippen molar-refractivity contribution in [3.8, 4) is 0 Å². The predicted octanol–water partition coefficient (Wildman–Crippen LogP) is 2.19. The lowest BCUT2D eigenvalue weighted by molar-refractivity contribution is -0.136. The average Bonchev–Trinajstić information content (AvgIpc) is 3.07. The summed E-state index contributed by atoms with van der Waals surface area (Å²) in [5.74, 6) is -0.634. The SMILES string of the molecule is Cc1ccccc1NC(=O)C(C)N1C(=O)NC2(CCCC2)C1=O. The van der Waals surface area contributed by atoms with E-state index in [0.29, 0.717) is 18.5 Å². The van der Waals surface area contributed by atoms with Crippen molar-refractivity contribution in [1.29, 1.82) is 0 Å². The van der Waals surface area contributed by atoms with Gasteiger partial charge < -0.3 is 10.6 Å². The van der Waals surface area contributed by atoms with E-state index in [2.05, 4.69) is 10.6 Å². The molecule has 3 rings (SSSR count). The molecule has 0 aromatic heterocycles. The van der Waals surface area contributed by atoms with E-state index >= 15 is 0 Å². The van der Waals surface area contributed by atoms with Gasteiger partial charge in [0.05, 0.1) is 0 Å². The number of benzene rings is 1. The van der Waals surface area contributed by atoms with Crippen LogP contribution in [0.3, 0.4) is 0 Å². The third-order valence-electron chi connectivity index (χ3n) is 4.82. The van der Waals surface area contributed by atoms with E-state index in [1.807, 2.05) is 25.1 Å². The molecule has 2 aliphatic rings. The fraction of sp³-hybridized carbons (Fsp3) is 0.471. The zero-order chi connectivity index (χ0) is 16.6. The number of para-hydroxylation sites is 1. The number of carbonyl (C=O) groups is 3. The molecule has 1 unspecified atom stereocenters. The van der Waals surface area contributed by atoms with E-state index in [4.69, 9.17) is 0 Å². The number of amides is 4. The first-order valence-electron chi connectivity index (χ1n) is 7.97. The number of hydrogen-bond acceptors (Lipinski definition) is 3. The Bertz CT molecular complexity index is 665. The normalized spacial score (nSPS) is 20.7. The van der Waals surface area contributed by atoms with Crippen LogP contribution in [-0.4, -0.2) is 34.3 Å². The van der Waals surface area contributed by atoms with Crippen LogP contribution in [0.25, 0.3) is 0 Å². The molecule has 0 radical (unpaired) electrons. The van der Waals surface area contributed by atoms with Crippen molar-refractivity contribution in [2.24, 2.45) is 0 Å². The summed E-state index contributed by atoms with van der Waals surface area (Å²) in [6, 6.07) is 6.09. The molecule has 2 N–H and O–H groups in total. The molecule has 2 fully saturated rings. The highest BCUT2D eigenvalue weighted by Gasteiger charge is 2.54. The summed E-state index contributed by atoms with van der Waals surface area (Å²) < 4.78 is 0. The van der Waals surface area contributed by atoms with E-state index in [1.54, 1.807) is 13.0 Å². The lowest BCUT2D eigenvalue weighted by atomic mass is 9.97. The highest BCUT2D eigenvalue weighted by molar-refractivity contribution is 6.11. The van der Waals surface area contributed by atoms with Crippen LogP contribution in [0.1, 0.15) is 38.2 Å². The Morgan fingerprint density at radius 1 is 1.26 bits per heavy atom. The Labute approximate surface area is 135 Å². The maximum absolute atomic E-state index is 12.7. The number of urea groups is 1. The summed E-state index contributed by atoms with van der Waals surface area (Å²) in [4.78, 5) is 38.4. The maximum Gasteiger partial charge on any atom is 0.325 e. The number of anilines is 1. The van der Waals surface area contributed by atoms with Gasteiger partial charge in [-0.3, -0.25) is 9.59 Å². The molecular formula is C17H21N3O3. The highest BCUT2D eigenvalue weighted by atomic mass is 16.2. The van der Waals surface area contributed by atoms with Crippen LogP contribution in [0.4, 0.5) is 10.5 Å². The first kappa shape index (κ1) is 15.5. The predicted molar refractivity (Wildman–Crippen MR) is 85.8 cm³/mol. The summed E-state index contributed by atoms with van der Waals surface area (Å²) in [6.07, 6.45) is 3.15. The van der Waals surface area contributed by atoms with E-state index in [-0.39, 0.29) is 11.8 Å². The van der Waals surface area contributed by atoms with Gasteiger partial charge in [0.15, 0.2) is 0 Å². The minimum Gasteiger partial charge on any atom is -0.324 e. The van der Waals surface area contributed by atoms with Gasteiger partial charge in [-0.05, 0) is 38.3 Å². The highest BCUT2D eigenvalue weighted by Crippen LogP contribution is 2.35. The molecule has 1 saturated carbocycles. The first-order valence-corrected chi connectivity index (χ1v) is 7.97. The van der Waals surface area contributed by atoms with Crippen LogP contribution in [0, 0.1) is 6.92 Å². The summed E-state index contributed by atoms with van der Waals surface area (Å²) in [7, 11) is 0. The lowest BCUT2D eigenvalue weighted by Crippen LogP contribution is -2.48. The smallest absolute Gasteiger partial charge is 0.324 e. The van der Waals surface area contributed by atoms with Gasteiger partial charge in [-0.2, -0.15) is 0 Å². The number of rotatable bonds is 3. The number of nitrogens with zero attached hydrogens (tertiary/aromatic N) is 1. The molecule has 1 aromatic carbocycles. The first-order chi connectivity index (χ1) is 10.9. The molecular weight excluding hydrogens is 294 g/mol. The third kappa shape index (κ3) is 2.58. The molecule has 1 aliphatic carbocycles. The average molecular weight is 315 g/mol. The van der Waals surface area contributed by atoms with Crippen LogP contribution in [0.2, 0.25) is 0 Å². The van der Waals surface area contributed by atoms with Crippen LogP contribution < -0.4 is 10.6 Å². The van der Waals surface area contributed by atoms with Gasteiger partial charge in [0.2, 0.25) is 5.91 Å². The summed E-state index contributed by atoms with van der Waals surface area (Å²) >= 11 is 0. The summed E-state index contributed by atoms with van der Waals surface area (Å²) in [5.41, 5.74) is 0.832. The number of imide groups is 1. The third-order valence-corrected chi connectivity index (χ3v) is 4.82. The minimum atomic E-state index is -0.845. The van der Waals surface area contributed by atoms with Crippen LogP contribution in [0.15, 0.2) is 24.3 Å². The van der Waals surface area contributed by atoms with E-state index in [0.717, 1.165) is 23.3 Å². The Morgan fingerprint density at radius 3 is 2.57 bits per heavy atom. The van der Waals surface area contributed by atoms with Crippen molar-refractivity contribution in [3.05, 3.63) is 29.8 Å². The molecule has 1 spiro atoms. The number of hydrogen-bond donors (Lipinski definition) is 2. The molecule has 1 aliphatic heterocycles.